The molecule has 1 heterocycles. The van der Waals surface area contributed by atoms with Crippen LogP contribution in [0.5, 0.6) is 0 Å². The molecule has 2 rings (SSSR count). The number of hydrogen-bond donors (Lipinski definition) is 2. The first-order valence-corrected chi connectivity index (χ1v) is 6.50. The standard InChI is InChI=1S/C14H20N2O2/c1-2-3-9-14(18-13(15)17)12-7-5-4-6-11(12)8-10-16-14/h4-7,16H,2-3,8-10H2,1H3,(H2,15,17). The second kappa shape index (κ2) is 5.40. The van der Waals surface area contributed by atoms with Crippen molar-refractivity contribution in [3.63, 3.8) is 0 Å². The lowest BCUT2D eigenvalue weighted by Gasteiger charge is -2.39. The van der Waals surface area contributed by atoms with Gasteiger partial charge in [0.15, 0.2) is 5.72 Å². The van der Waals surface area contributed by atoms with Crippen LogP contribution >= 0.6 is 0 Å². The van der Waals surface area contributed by atoms with Crippen molar-refractivity contribution in [1.82, 2.24) is 5.32 Å². The van der Waals surface area contributed by atoms with Crippen LogP contribution < -0.4 is 11.1 Å². The fourth-order valence-corrected chi connectivity index (χ4v) is 2.59. The van der Waals surface area contributed by atoms with Crippen molar-refractivity contribution in [2.75, 3.05) is 6.54 Å². The van der Waals surface area contributed by atoms with Crippen LogP contribution in [0, 0.1) is 0 Å². The summed E-state index contributed by atoms with van der Waals surface area (Å²) in [6, 6.07) is 8.08. The Morgan fingerprint density at radius 3 is 3.00 bits per heavy atom. The van der Waals surface area contributed by atoms with Crippen molar-refractivity contribution in [2.24, 2.45) is 5.73 Å². The minimum atomic E-state index is -0.739. The number of hydrogen-bond acceptors (Lipinski definition) is 3. The lowest BCUT2D eigenvalue weighted by Crippen LogP contribution is -2.51. The van der Waals surface area contributed by atoms with E-state index in [1.807, 2.05) is 18.2 Å². The van der Waals surface area contributed by atoms with Crippen molar-refractivity contribution in [2.45, 2.75) is 38.3 Å². The van der Waals surface area contributed by atoms with Gasteiger partial charge in [0, 0.05) is 18.5 Å². The SMILES string of the molecule is CCCCC1(OC(N)=O)NCCc2ccccc21. The summed E-state index contributed by atoms with van der Waals surface area (Å²) in [5.41, 5.74) is 6.77. The van der Waals surface area contributed by atoms with Gasteiger partial charge in [-0.2, -0.15) is 0 Å². The number of carbonyl (C=O) groups excluding carboxylic acids is 1. The molecule has 18 heavy (non-hydrogen) atoms. The van der Waals surface area contributed by atoms with E-state index in [4.69, 9.17) is 10.5 Å². The Balaban J connectivity index is 2.37. The first-order chi connectivity index (χ1) is 8.68. The van der Waals surface area contributed by atoms with Crippen LogP contribution in [0.3, 0.4) is 0 Å². The van der Waals surface area contributed by atoms with Crippen molar-refractivity contribution in [3.8, 4) is 0 Å². The third-order valence-electron chi connectivity index (χ3n) is 3.41. The molecule has 0 saturated carbocycles. The van der Waals surface area contributed by atoms with Gasteiger partial charge in [0.05, 0.1) is 0 Å². The summed E-state index contributed by atoms with van der Waals surface area (Å²) < 4.78 is 5.44. The molecule has 0 spiro atoms. The molecular weight excluding hydrogens is 228 g/mol. The first kappa shape index (κ1) is 12.9. The predicted octanol–water partition coefficient (Wildman–Crippen LogP) is 2.27. The zero-order valence-electron chi connectivity index (χ0n) is 10.7. The maximum absolute atomic E-state index is 11.2. The van der Waals surface area contributed by atoms with Crippen molar-refractivity contribution < 1.29 is 9.53 Å². The zero-order valence-corrected chi connectivity index (χ0v) is 10.7. The number of nitrogens with two attached hydrogens (primary N) is 1. The van der Waals surface area contributed by atoms with E-state index in [-0.39, 0.29) is 0 Å². The van der Waals surface area contributed by atoms with Gasteiger partial charge in [0.2, 0.25) is 0 Å². The highest BCUT2D eigenvalue weighted by Crippen LogP contribution is 2.34. The molecule has 0 bridgehead atoms. The molecule has 0 aromatic heterocycles. The summed E-state index contributed by atoms with van der Waals surface area (Å²) in [4.78, 5) is 11.2. The molecule has 1 atom stereocenters. The highest BCUT2D eigenvalue weighted by Gasteiger charge is 2.38. The molecule has 98 valence electrons. The Labute approximate surface area is 108 Å². The molecule has 1 aliphatic heterocycles. The fourth-order valence-electron chi connectivity index (χ4n) is 2.59. The van der Waals surface area contributed by atoms with Gasteiger partial charge < -0.3 is 10.5 Å². The number of benzene rings is 1. The van der Waals surface area contributed by atoms with Gasteiger partial charge in [0.1, 0.15) is 0 Å². The average Bonchev–Trinajstić information content (AvgIpc) is 2.36. The number of nitrogens with one attached hydrogen (secondary N) is 1. The van der Waals surface area contributed by atoms with E-state index in [1.54, 1.807) is 0 Å². The van der Waals surface area contributed by atoms with Crippen LogP contribution in [-0.2, 0) is 16.9 Å². The average molecular weight is 248 g/mol. The van der Waals surface area contributed by atoms with Crippen LogP contribution in [0.25, 0.3) is 0 Å². The molecule has 0 fully saturated rings. The summed E-state index contributed by atoms with van der Waals surface area (Å²) >= 11 is 0. The minimum absolute atomic E-state index is 0.727. The summed E-state index contributed by atoms with van der Waals surface area (Å²) in [6.07, 6.45) is 3.01. The van der Waals surface area contributed by atoms with E-state index in [9.17, 15) is 4.79 Å². The van der Waals surface area contributed by atoms with Gasteiger partial charge in [-0.1, -0.05) is 37.6 Å². The van der Waals surface area contributed by atoms with Gasteiger partial charge in [-0.3, -0.25) is 5.32 Å². The van der Waals surface area contributed by atoms with Gasteiger partial charge in [-0.15, -0.1) is 0 Å². The van der Waals surface area contributed by atoms with Gasteiger partial charge in [-0.05, 0) is 18.4 Å². The number of amides is 1. The maximum atomic E-state index is 11.2. The number of primary amides is 1. The van der Waals surface area contributed by atoms with Crippen molar-refractivity contribution in [1.29, 1.82) is 0 Å². The number of fused-ring (bicyclic) bond motifs is 1. The van der Waals surface area contributed by atoms with Crippen molar-refractivity contribution in [3.05, 3.63) is 35.4 Å². The monoisotopic (exact) mass is 248 g/mol. The third-order valence-corrected chi connectivity index (χ3v) is 3.41. The summed E-state index contributed by atoms with van der Waals surface area (Å²) in [6.45, 7) is 2.92. The topological polar surface area (TPSA) is 64.3 Å². The molecule has 1 aromatic rings. The smallest absolute Gasteiger partial charge is 0.406 e. The molecule has 1 aliphatic rings. The summed E-state index contributed by atoms with van der Waals surface area (Å²) in [7, 11) is 0. The predicted molar refractivity (Wildman–Crippen MR) is 70.0 cm³/mol. The summed E-state index contributed by atoms with van der Waals surface area (Å²) in [5, 5.41) is 3.33. The molecule has 3 N–H and O–H groups in total. The number of carbonyl (C=O) groups is 1. The lowest BCUT2D eigenvalue weighted by atomic mass is 9.88. The van der Waals surface area contributed by atoms with Crippen LogP contribution in [0.1, 0.15) is 37.3 Å². The van der Waals surface area contributed by atoms with Crippen LogP contribution in [0.4, 0.5) is 4.79 Å². The molecule has 1 aromatic carbocycles. The van der Waals surface area contributed by atoms with Crippen LogP contribution in [0.15, 0.2) is 24.3 Å². The Kier molecular flexibility index (Phi) is 3.87. The fraction of sp³-hybridized carbons (Fsp3) is 0.500. The second-order valence-corrected chi connectivity index (χ2v) is 4.69. The highest BCUT2D eigenvalue weighted by atomic mass is 16.6. The highest BCUT2D eigenvalue weighted by molar-refractivity contribution is 5.65. The first-order valence-electron chi connectivity index (χ1n) is 6.50. The van der Waals surface area contributed by atoms with E-state index in [0.717, 1.165) is 37.8 Å². The molecule has 1 amide bonds. The molecule has 0 aliphatic carbocycles. The Morgan fingerprint density at radius 1 is 1.50 bits per heavy atom. The molecule has 4 heteroatoms. The Hall–Kier alpha value is -1.55. The quantitative estimate of drug-likeness (QED) is 0.859. The van der Waals surface area contributed by atoms with Crippen molar-refractivity contribution >= 4 is 6.09 Å². The van der Waals surface area contributed by atoms with E-state index in [1.165, 1.54) is 5.56 Å². The maximum Gasteiger partial charge on any atom is 0.406 e. The zero-order chi connectivity index (χ0) is 13.0. The summed E-state index contributed by atoms with van der Waals surface area (Å²) in [5.74, 6) is 0. The van der Waals surface area contributed by atoms with Crippen LogP contribution in [0.2, 0.25) is 0 Å². The Bertz CT molecular complexity index is 434. The Morgan fingerprint density at radius 2 is 2.28 bits per heavy atom. The van der Waals surface area contributed by atoms with E-state index >= 15 is 0 Å². The molecule has 1 unspecified atom stereocenters. The molecule has 0 saturated heterocycles. The molecule has 4 nitrogen and oxygen atoms in total. The largest absolute Gasteiger partial charge is 0.424 e. The number of ether oxygens (including phenoxy) is 1. The van der Waals surface area contributed by atoms with Gasteiger partial charge in [0.25, 0.3) is 0 Å². The lowest BCUT2D eigenvalue weighted by molar-refractivity contribution is -0.0294. The van der Waals surface area contributed by atoms with Crippen LogP contribution in [-0.4, -0.2) is 12.6 Å². The van der Waals surface area contributed by atoms with E-state index in [2.05, 4.69) is 18.3 Å². The number of rotatable bonds is 4. The van der Waals surface area contributed by atoms with E-state index < -0.39 is 11.8 Å². The molecular formula is C14H20N2O2. The van der Waals surface area contributed by atoms with Gasteiger partial charge >= 0.3 is 6.09 Å². The number of unbranched alkanes of at least 4 members (excludes halogenated alkanes) is 1. The second-order valence-electron chi connectivity index (χ2n) is 4.69. The minimum Gasteiger partial charge on any atom is -0.424 e. The third kappa shape index (κ3) is 2.48. The normalized spacial score (nSPS) is 22.3. The van der Waals surface area contributed by atoms with E-state index in [0.29, 0.717) is 0 Å². The van der Waals surface area contributed by atoms with Gasteiger partial charge in [-0.25, -0.2) is 4.79 Å². The molecule has 0 radical (unpaired) electrons.